The molecule has 1 N–H and O–H groups in total. The Kier molecular flexibility index (Phi) is 3.69. The van der Waals surface area contributed by atoms with Gasteiger partial charge in [0.25, 0.3) is 5.82 Å². The van der Waals surface area contributed by atoms with E-state index in [0.29, 0.717) is 5.82 Å². The highest BCUT2D eigenvalue weighted by Crippen LogP contribution is 2.10. The molecule has 2 aromatic rings. The summed E-state index contributed by atoms with van der Waals surface area (Å²) in [6.07, 6.45) is 0. The van der Waals surface area contributed by atoms with Crippen LogP contribution in [0.3, 0.4) is 0 Å². The van der Waals surface area contributed by atoms with Crippen LogP contribution in [0.1, 0.15) is 23.4 Å². The van der Waals surface area contributed by atoms with Crippen molar-refractivity contribution in [2.75, 3.05) is 6.61 Å². The topological polar surface area (TPSA) is 77.2 Å². The molecule has 0 saturated carbocycles. The molecule has 0 amide bonds. The maximum Gasteiger partial charge on any atom is 0.378 e. The summed E-state index contributed by atoms with van der Waals surface area (Å²) in [6.45, 7) is 1.66. The first-order valence-electron chi connectivity index (χ1n) is 5.55. The van der Waals surface area contributed by atoms with Gasteiger partial charge in [-0.25, -0.2) is 14.5 Å². The van der Waals surface area contributed by atoms with Gasteiger partial charge < -0.3 is 9.84 Å². The van der Waals surface area contributed by atoms with Crippen molar-refractivity contribution in [3.63, 3.8) is 0 Å². The average Bonchev–Trinajstić information content (AvgIpc) is 2.84. The summed E-state index contributed by atoms with van der Waals surface area (Å²) in [5.41, 5.74) is 0.726. The molecule has 0 fully saturated rings. The number of hydrogen-bond donors (Lipinski definition) is 1. The van der Waals surface area contributed by atoms with Gasteiger partial charge in [0.05, 0.1) is 12.3 Å². The zero-order valence-corrected chi connectivity index (χ0v) is 9.91. The summed E-state index contributed by atoms with van der Waals surface area (Å²) in [5.74, 6) is -0.351. The molecule has 2 rings (SSSR count). The van der Waals surface area contributed by atoms with Gasteiger partial charge in [0, 0.05) is 0 Å². The normalized spacial score (nSPS) is 10.3. The summed E-state index contributed by atoms with van der Waals surface area (Å²) < 4.78 is 6.24. The van der Waals surface area contributed by atoms with Gasteiger partial charge in [-0.3, -0.25) is 0 Å². The van der Waals surface area contributed by atoms with Crippen molar-refractivity contribution in [2.45, 2.75) is 13.5 Å². The molecule has 0 bridgehead atoms. The highest BCUT2D eigenvalue weighted by Gasteiger charge is 2.17. The number of aliphatic hydroxyl groups is 1. The van der Waals surface area contributed by atoms with E-state index in [1.54, 1.807) is 6.92 Å². The molecule has 6 nitrogen and oxygen atoms in total. The monoisotopic (exact) mass is 247 g/mol. The van der Waals surface area contributed by atoms with Crippen molar-refractivity contribution in [3.8, 4) is 5.69 Å². The van der Waals surface area contributed by atoms with Gasteiger partial charge in [-0.2, -0.15) is 0 Å². The van der Waals surface area contributed by atoms with Gasteiger partial charge in [0.2, 0.25) is 0 Å². The smallest absolute Gasteiger partial charge is 0.378 e. The van der Waals surface area contributed by atoms with Crippen LogP contribution in [0.5, 0.6) is 0 Å². The molecule has 1 heterocycles. The Hall–Kier alpha value is -2.21. The van der Waals surface area contributed by atoms with Gasteiger partial charge in [-0.15, -0.1) is 5.10 Å². The van der Waals surface area contributed by atoms with Crippen molar-refractivity contribution in [2.24, 2.45) is 0 Å². The van der Waals surface area contributed by atoms with Gasteiger partial charge in [-0.05, 0) is 19.1 Å². The molecule has 0 radical (unpaired) electrons. The summed E-state index contributed by atoms with van der Waals surface area (Å²) in [7, 11) is 0. The molecule has 0 aliphatic rings. The largest absolute Gasteiger partial charge is 0.460 e. The zero-order chi connectivity index (χ0) is 13.0. The van der Waals surface area contributed by atoms with Crippen LogP contribution < -0.4 is 0 Å². The predicted octanol–water partition coefficient (Wildman–Crippen LogP) is 0.936. The van der Waals surface area contributed by atoms with Crippen LogP contribution in [0.15, 0.2) is 30.3 Å². The number of nitrogens with zero attached hydrogens (tertiary/aromatic N) is 3. The standard InChI is InChI=1S/C12H13N3O3/c1-2-18-12(17)11-13-10(8-16)15(14-11)9-6-4-3-5-7-9/h3-7,16H,2,8H2,1H3. The molecule has 94 valence electrons. The first-order chi connectivity index (χ1) is 8.76. The van der Waals surface area contributed by atoms with Crippen molar-refractivity contribution in [1.29, 1.82) is 0 Å². The molecule has 0 atom stereocenters. The number of para-hydroxylation sites is 1. The van der Waals surface area contributed by atoms with Crippen molar-refractivity contribution in [3.05, 3.63) is 42.0 Å². The number of aliphatic hydroxyl groups excluding tert-OH is 1. The number of ether oxygens (including phenoxy) is 1. The minimum absolute atomic E-state index is 0.0512. The van der Waals surface area contributed by atoms with E-state index in [0.717, 1.165) is 5.69 Å². The second kappa shape index (κ2) is 5.42. The fraction of sp³-hybridized carbons (Fsp3) is 0.250. The van der Waals surface area contributed by atoms with Crippen LogP contribution in [-0.2, 0) is 11.3 Å². The molecule has 0 spiro atoms. The van der Waals surface area contributed by atoms with Crippen molar-refractivity contribution in [1.82, 2.24) is 14.8 Å². The fourth-order valence-corrected chi connectivity index (χ4v) is 1.50. The van der Waals surface area contributed by atoms with E-state index in [1.807, 2.05) is 30.3 Å². The number of aromatic nitrogens is 3. The number of carbonyl (C=O) groups is 1. The quantitative estimate of drug-likeness (QED) is 0.813. The van der Waals surface area contributed by atoms with E-state index in [9.17, 15) is 9.90 Å². The molecule has 0 aliphatic heterocycles. The average molecular weight is 247 g/mol. The van der Waals surface area contributed by atoms with Crippen LogP contribution in [0.4, 0.5) is 0 Å². The van der Waals surface area contributed by atoms with E-state index in [2.05, 4.69) is 10.1 Å². The van der Waals surface area contributed by atoms with Crippen LogP contribution in [-0.4, -0.2) is 32.4 Å². The molecule has 0 aliphatic carbocycles. The Bertz CT molecular complexity index is 537. The minimum Gasteiger partial charge on any atom is -0.460 e. The molecule has 6 heteroatoms. The predicted molar refractivity (Wildman–Crippen MR) is 63.2 cm³/mol. The fourth-order valence-electron chi connectivity index (χ4n) is 1.50. The second-order valence-electron chi connectivity index (χ2n) is 3.48. The molecule has 1 aromatic heterocycles. The Morgan fingerprint density at radius 3 is 2.72 bits per heavy atom. The third-order valence-electron chi connectivity index (χ3n) is 2.27. The van der Waals surface area contributed by atoms with E-state index < -0.39 is 5.97 Å². The number of hydrogen-bond acceptors (Lipinski definition) is 5. The number of esters is 1. The first kappa shape index (κ1) is 12.3. The van der Waals surface area contributed by atoms with E-state index in [4.69, 9.17) is 4.74 Å². The molecule has 18 heavy (non-hydrogen) atoms. The lowest BCUT2D eigenvalue weighted by Gasteiger charge is -2.02. The third-order valence-corrected chi connectivity index (χ3v) is 2.27. The number of carbonyl (C=O) groups excluding carboxylic acids is 1. The summed E-state index contributed by atoms with van der Waals surface area (Å²) in [6, 6.07) is 9.15. The van der Waals surface area contributed by atoms with Gasteiger partial charge >= 0.3 is 5.97 Å². The van der Waals surface area contributed by atoms with Crippen molar-refractivity contribution >= 4 is 5.97 Å². The summed E-state index contributed by atoms with van der Waals surface area (Å²) in [4.78, 5) is 15.5. The third kappa shape index (κ3) is 2.38. The molecular formula is C12H13N3O3. The Labute approximate surface area is 104 Å². The van der Waals surface area contributed by atoms with Crippen LogP contribution in [0, 0.1) is 0 Å². The minimum atomic E-state index is -0.595. The van der Waals surface area contributed by atoms with Crippen molar-refractivity contribution < 1.29 is 14.6 Å². The highest BCUT2D eigenvalue weighted by molar-refractivity contribution is 5.85. The zero-order valence-electron chi connectivity index (χ0n) is 9.91. The lowest BCUT2D eigenvalue weighted by atomic mass is 10.3. The lowest BCUT2D eigenvalue weighted by molar-refractivity contribution is 0.0512. The molecule has 0 saturated heterocycles. The molecule has 1 aromatic carbocycles. The maximum absolute atomic E-state index is 11.5. The van der Waals surface area contributed by atoms with Gasteiger partial charge in [0.15, 0.2) is 5.82 Å². The van der Waals surface area contributed by atoms with Gasteiger partial charge in [0.1, 0.15) is 6.61 Å². The SMILES string of the molecule is CCOC(=O)c1nc(CO)n(-c2ccccc2)n1. The van der Waals surface area contributed by atoms with Gasteiger partial charge in [-0.1, -0.05) is 18.2 Å². The molecule has 0 unspecified atom stereocenters. The number of rotatable bonds is 4. The Morgan fingerprint density at radius 2 is 2.11 bits per heavy atom. The van der Waals surface area contributed by atoms with E-state index in [1.165, 1.54) is 4.68 Å². The van der Waals surface area contributed by atoms with Crippen LogP contribution in [0.2, 0.25) is 0 Å². The molecular weight excluding hydrogens is 234 g/mol. The second-order valence-corrected chi connectivity index (χ2v) is 3.48. The lowest BCUT2D eigenvalue weighted by Crippen LogP contribution is -2.07. The Balaban J connectivity index is 2.39. The highest BCUT2D eigenvalue weighted by atomic mass is 16.5. The summed E-state index contributed by atoms with van der Waals surface area (Å²) >= 11 is 0. The maximum atomic E-state index is 11.5. The van der Waals surface area contributed by atoms with E-state index >= 15 is 0 Å². The van der Waals surface area contributed by atoms with Crippen LogP contribution >= 0.6 is 0 Å². The van der Waals surface area contributed by atoms with Crippen LogP contribution in [0.25, 0.3) is 5.69 Å². The first-order valence-corrected chi connectivity index (χ1v) is 5.55. The number of benzene rings is 1. The Morgan fingerprint density at radius 1 is 1.39 bits per heavy atom. The summed E-state index contributed by atoms with van der Waals surface area (Å²) in [5, 5.41) is 13.3. The van der Waals surface area contributed by atoms with E-state index in [-0.39, 0.29) is 19.0 Å².